The predicted molar refractivity (Wildman–Crippen MR) is 67.0 cm³/mol. The second-order valence-electron chi connectivity index (χ2n) is 3.84. The van der Waals surface area contributed by atoms with E-state index in [2.05, 4.69) is 4.98 Å². The summed E-state index contributed by atoms with van der Waals surface area (Å²) in [7, 11) is 1.37. The summed E-state index contributed by atoms with van der Waals surface area (Å²) in [4.78, 5) is 3.35. The minimum atomic E-state index is -4.60. The van der Waals surface area contributed by atoms with E-state index in [4.69, 9.17) is 10.5 Å². The first-order valence-corrected chi connectivity index (χ1v) is 6.29. The Balaban J connectivity index is 2.51. The standard InChI is InChI=1S/C12H10F4N2OS/c1-19-6-2-3-7(8(13)4-6)11-18-10(12(14,15)16)9(5-17)20-11/h2-4H,5,17H2,1H3. The number of nitrogens with two attached hydrogens (primary N) is 1. The number of nitrogens with zero attached hydrogens (tertiary/aromatic N) is 1. The Morgan fingerprint density at radius 1 is 1.35 bits per heavy atom. The number of halogens is 4. The fraction of sp³-hybridized carbons (Fsp3) is 0.250. The zero-order valence-corrected chi connectivity index (χ0v) is 11.1. The lowest BCUT2D eigenvalue weighted by molar-refractivity contribution is -0.141. The van der Waals surface area contributed by atoms with Crippen molar-refractivity contribution in [2.45, 2.75) is 12.7 Å². The monoisotopic (exact) mass is 306 g/mol. The molecule has 1 aromatic carbocycles. The fourth-order valence-electron chi connectivity index (χ4n) is 1.62. The Kier molecular flexibility index (Phi) is 3.96. The third kappa shape index (κ3) is 2.75. The summed E-state index contributed by atoms with van der Waals surface area (Å²) in [6, 6.07) is 3.87. The molecule has 0 aliphatic carbocycles. The summed E-state index contributed by atoms with van der Waals surface area (Å²) in [5.41, 5.74) is 4.21. The van der Waals surface area contributed by atoms with Crippen LogP contribution in [0.3, 0.4) is 0 Å². The van der Waals surface area contributed by atoms with E-state index in [0.29, 0.717) is 0 Å². The topological polar surface area (TPSA) is 48.1 Å². The van der Waals surface area contributed by atoms with Gasteiger partial charge in [-0.3, -0.25) is 0 Å². The molecule has 20 heavy (non-hydrogen) atoms. The van der Waals surface area contributed by atoms with Gasteiger partial charge in [0.15, 0.2) is 5.69 Å². The van der Waals surface area contributed by atoms with Crippen LogP contribution in [-0.4, -0.2) is 12.1 Å². The second kappa shape index (κ2) is 5.37. The Morgan fingerprint density at radius 3 is 2.50 bits per heavy atom. The highest BCUT2D eigenvalue weighted by molar-refractivity contribution is 7.15. The molecule has 2 rings (SSSR count). The number of benzene rings is 1. The average molecular weight is 306 g/mol. The zero-order chi connectivity index (χ0) is 14.9. The van der Waals surface area contributed by atoms with Gasteiger partial charge in [-0.1, -0.05) is 0 Å². The summed E-state index contributed by atoms with van der Waals surface area (Å²) in [6.07, 6.45) is -4.60. The second-order valence-corrected chi connectivity index (χ2v) is 4.92. The molecule has 0 saturated carbocycles. The van der Waals surface area contributed by atoms with Crippen LogP contribution in [0, 0.1) is 5.82 Å². The molecule has 108 valence electrons. The van der Waals surface area contributed by atoms with Gasteiger partial charge in [-0.25, -0.2) is 9.37 Å². The molecule has 0 bridgehead atoms. The van der Waals surface area contributed by atoms with Crippen LogP contribution in [0.15, 0.2) is 18.2 Å². The predicted octanol–water partition coefficient (Wildman–Crippen LogP) is 3.44. The lowest BCUT2D eigenvalue weighted by atomic mass is 10.2. The van der Waals surface area contributed by atoms with Crippen LogP contribution in [-0.2, 0) is 12.7 Å². The first kappa shape index (κ1) is 14.7. The van der Waals surface area contributed by atoms with Crippen molar-refractivity contribution >= 4 is 11.3 Å². The Labute approximate surface area is 116 Å². The Hall–Kier alpha value is -1.67. The molecule has 0 amide bonds. The van der Waals surface area contributed by atoms with E-state index in [-0.39, 0.29) is 27.7 Å². The van der Waals surface area contributed by atoms with E-state index in [1.54, 1.807) is 0 Å². The normalized spacial score (nSPS) is 11.7. The molecule has 3 nitrogen and oxygen atoms in total. The molecule has 0 atom stereocenters. The van der Waals surface area contributed by atoms with Crippen LogP contribution >= 0.6 is 11.3 Å². The zero-order valence-electron chi connectivity index (χ0n) is 10.3. The van der Waals surface area contributed by atoms with Crippen LogP contribution in [0.5, 0.6) is 5.75 Å². The minimum absolute atomic E-state index is 0.0130. The summed E-state index contributed by atoms with van der Waals surface area (Å²) < 4.78 is 56.9. The van der Waals surface area contributed by atoms with Gasteiger partial charge in [0.25, 0.3) is 0 Å². The summed E-state index contributed by atoms with van der Waals surface area (Å²) in [5, 5.41) is -0.0575. The molecule has 1 heterocycles. The summed E-state index contributed by atoms with van der Waals surface area (Å²) in [6.45, 7) is -0.301. The quantitative estimate of drug-likeness (QED) is 0.884. The highest BCUT2D eigenvalue weighted by Gasteiger charge is 2.37. The molecule has 0 fully saturated rings. The van der Waals surface area contributed by atoms with Gasteiger partial charge in [0.1, 0.15) is 16.6 Å². The fourth-order valence-corrected chi connectivity index (χ4v) is 2.61. The van der Waals surface area contributed by atoms with Crippen LogP contribution in [0.1, 0.15) is 10.6 Å². The molecule has 8 heteroatoms. The van der Waals surface area contributed by atoms with Crippen molar-refractivity contribution in [2.24, 2.45) is 5.73 Å². The van der Waals surface area contributed by atoms with Crippen molar-refractivity contribution in [1.82, 2.24) is 4.98 Å². The largest absolute Gasteiger partial charge is 0.497 e. The Bertz CT molecular complexity index is 624. The maximum Gasteiger partial charge on any atom is 0.434 e. The van der Waals surface area contributed by atoms with Crippen molar-refractivity contribution in [3.05, 3.63) is 34.6 Å². The average Bonchev–Trinajstić information content (AvgIpc) is 2.82. The number of methoxy groups -OCH3 is 1. The molecule has 0 unspecified atom stereocenters. The first-order valence-electron chi connectivity index (χ1n) is 5.47. The number of ether oxygens (including phenoxy) is 1. The lowest BCUT2D eigenvalue weighted by Gasteiger charge is -2.04. The van der Waals surface area contributed by atoms with Crippen molar-refractivity contribution in [3.8, 4) is 16.3 Å². The number of hydrogen-bond donors (Lipinski definition) is 1. The smallest absolute Gasteiger partial charge is 0.434 e. The molecular weight excluding hydrogens is 296 g/mol. The molecule has 2 aromatic rings. The van der Waals surface area contributed by atoms with E-state index in [9.17, 15) is 17.6 Å². The van der Waals surface area contributed by atoms with E-state index >= 15 is 0 Å². The van der Waals surface area contributed by atoms with E-state index in [1.165, 1.54) is 19.2 Å². The first-order chi connectivity index (χ1) is 9.36. The van der Waals surface area contributed by atoms with Crippen LogP contribution < -0.4 is 10.5 Å². The number of aromatic nitrogens is 1. The van der Waals surface area contributed by atoms with Gasteiger partial charge < -0.3 is 10.5 Å². The molecule has 0 aliphatic rings. The van der Waals surface area contributed by atoms with E-state index in [1.807, 2.05) is 0 Å². The number of hydrogen-bond acceptors (Lipinski definition) is 4. The number of rotatable bonds is 3. The summed E-state index contributed by atoms with van der Waals surface area (Å²) in [5.74, 6) is -0.423. The van der Waals surface area contributed by atoms with Gasteiger partial charge in [0, 0.05) is 18.2 Å². The van der Waals surface area contributed by atoms with Crippen molar-refractivity contribution < 1.29 is 22.3 Å². The highest BCUT2D eigenvalue weighted by Crippen LogP contribution is 2.38. The van der Waals surface area contributed by atoms with Gasteiger partial charge in [-0.2, -0.15) is 13.2 Å². The number of alkyl halides is 3. The molecule has 0 radical (unpaired) electrons. The Morgan fingerprint density at radius 2 is 2.05 bits per heavy atom. The molecule has 2 N–H and O–H groups in total. The van der Waals surface area contributed by atoms with Crippen LogP contribution in [0.2, 0.25) is 0 Å². The van der Waals surface area contributed by atoms with E-state index in [0.717, 1.165) is 17.4 Å². The summed E-state index contributed by atoms with van der Waals surface area (Å²) >= 11 is 0.730. The van der Waals surface area contributed by atoms with Gasteiger partial charge in [0.05, 0.1) is 12.0 Å². The van der Waals surface area contributed by atoms with Crippen molar-refractivity contribution in [2.75, 3.05) is 7.11 Å². The van der Waals surface area contributed by atoms with Gasteiger partial charge in [0.2, 0.25) is 0 Å². The van der Waals surface area contributed by atoms with Gasteiger partial charge >= 0.3 is 6.18 Å². The van der Waals surface area contributed by atoms with Crippen molar-refractivity contribution in [1.29, 1.82) is 0 Å². The third-order valence-corrected chi connectivity index (χ3v) is 3.67. The van der Waals surface area contributed by atoms with E-state index < -0.39 is 17.7 Å². The lowest BCUT2D eigenvalue weighted by Crippen LogP contribution is -2.10. The SMILES string of the molecule is COc1ccc(-c2nc(C(F)(F)F)c(CN)s2)c(F)c1. The van der Waals surface area contributed by atoms with Crippen molar-refractivity contribution in [3.63, 3.8) is 0 Å². The minimum Gasteiger partial charge on any atom is -0.497 e. The highest BCUT2D eigenvalue weighted by atomic mass is 32.1. The maximum absolute atomic E-state index is 13.8. The molecule has 1 aromatic heterocycles. The number of thiazole rings is 1. The molecule has 0 aliphatic heterocycles. The molecule has 0 saturated heterocycles. The third-order valence-electron chi connectivity index (χ3n) is 2.56. The molecular formula is C12H10F4N2OS. The van der Waals surface area contributed by atoms with Crippen LogP contribution in [0.25, 0.3) is 10.6 Å². The van der Waals surface area contributed by atoms with Crippen LogP contribution in [0.4, 0.5) is 17.6 Å². The van der Waals surface area contributed by atoms with Gasteiger partial charge in [-0.05, 0) is 12.1 Å². The maximum atomic E-state index is 13.8. The van der Waals surface area contributed by atoms with Gasteiger partial charge in [-0.15, -0.1) is 11.3 Å². The molecule has 0 spiro atoms.